The van der Waals surface area contributed by atoms with Gasteiger partial charge in [-0.15, -0.1) is 0 Å². The Bertz CT molecular complexity index is 272. The van der Waals surface area contributed by atoms with Crippen LogP contribution in [-0.2, 0) is 0 Å². The third-order valence-electron chi connectivity index (χ3n) is 4.11. The topological polar surface area (TPSA) is 61.8 Å². The van der Waals surface area contributed by atoms with E-state index in [9.17, 15) is 0 Å². The first-order valence-electron chi connectivity index (χ1n) is 6.56. The van der Waals surface area contributed by atoms with Gasteiger partial charge >= 0.3 is 0 Å². The van der Waals surface area contributed by atoms with Crippen LogP contribution in [0.15, 0.2) is 5.16 Å². The lowest BCUT2D eigenvalue weighted by atomic mass is 9.86. The normalized spacial score (nSPS) is 19.7. The van der Waals surface area contributed by atoms with Crippen molar-refractivity contribution in [3.8, 4) is 0 Å². The predicted octanol–water partition coefficient (Wildman–Crippen LogP) is 2.27. The molecule has 1 atom stereocenters. The summed E-state index contributed by atoms with van der Waals surface area (Å²) < 4.78 is 0. The van der Waals surface area contributed by atoms with Crippen LogP contribution in [0.1, 0.15) is 46.5 Å². The molecule has 1 fully saturated rings. The van der Waals surface area contributed by atoms with E-state index in [2.05, 4.69) is 24.0 Å². The third-order valence-corrected chi connectivity index (χ3v) is 4.11. The highest BCUT2D eigenvalue weighted by Gasteiger charge is 2.30. The van der Waals surface area contributed by atoms with Crippen LogP contribution in [0.25, 0.3) is 0 Å². The average molecular weight is 241 g/mol. The molecule has 0 aromatic rings. The zero-order valence-corrected chi connectivity index (χ0v) is 11.6. The molecule has 1 saturated carbocycles. The van der Waals surface area contributed by atoms with Crippen LogP contribution in [0.4, 0.5) is 0 Å². The van der Waals surface area contributed by atoms with Gasteiger partial charge in [-0.2, -0.15) is 0 Å². The first-order valence-corrected chi connectivity index (χ1v) is 6.56. The van der Waals surface area contributed by atoms with Crippen molar-refractivity contribution < 1.29 is 5.21 Å². The van der Waals surface area contributed by atoms with Gasteiger partial charge in [0, 0.05) is 11.5 Å². The number of hydrogen-bond donors (Lipinski definition) is 2. The summed E-state index contributed by atoms with van der Waals surface area (Å²) in [4.78, 5) is 2.43. The van der Waals surface area contributed by atoms with Crippen molar-refractivity contribution in [2.24, 2.45) is 22.2 Å². The van der Waals surface area contributed by atoms with Crippen molar-refractivity contribution in [3.63, 3.8) is 0 Å². The lowest BCUT2D eigenvalue weighted by Crippen LogP contribution is -2.35. The maximum absolute atomic E-state index is 8.70. The SMILES string of the molecule is CC(C1CC1)N(C)CCCC(C)(C)C(N)=NO. The van der Waals surface area contributed by atoms with Crippen molar-refractivity contribution >= 4 is 5.84 Å². The van der Waals surface area contributed by atoms with Gasteiger partial charge in [-0.1, -0.05) is 19.0 Å². The van der Waals surface area contributed by atoms with E-state index in [1.165, 1.54) is 12.8 Å². The molecule has 0 aliphatic heterocycles. The van der Waals surface area contributed by atoms with Gasteiger partial charge in [0.05, 0.1) is 0 Å². The molecule has 17 heavy (non-hydrogen) atoms. The first kappa shape index (κ1) is 14.3. The zero-order valence-electron chi connectivity index (χ0n) is 11.6. The maximum Gasteiger partial charge on any atom is 0.144 e. The Morgan fingerprint density at radius 1 is 1.53 bits per heavy atom. The van der Waals surface area contributed by atoms with Crippen molar-refractivity contribution in [1.82, 2.24) is 4.90 Å². The summed E-state index contributed by atoms with van der Waals surface area (Å²) in [5.74, 6) is 1.24. The van der Waals surface area contributed by atoms with Crippen molar-refractivity contribution in [2.75, 3.05) is 13.6 Å². The minimum absolute atomic E-state index is 0.210. The highest BCUT2D eigenvalue weighted by Crippen LogP contribution is 2.34. The van der Waals surface area contributed by atoms with Gasteiger partial charge < -0.3 is 15.8 Å². The second-order valence-corrected chi connectivity index (χ2v) is 6.03. The fourth-order valence-corrected chi connectivity index (χ4v) is 2.18. The van der Waals surface area contributed by atoms with Gasteiger partial charge in [-0.25, -0.2) is 0 Å². The number of hydrogen-bond acceptors (Lipinski definition) is 3. The average Bonchev–Trinajstić information content (AvgIpc) is 3.10. The van der Waals surface area contributed by atoms with Crippen LogP contribution in [0.5, 0.6) is 0 Å². The summed E-state index contributed by atoms with van der Waals surface area (Å²) in [5, 5.41) is 11.8. The van der Waals surface area contributed by atoms with Gasteiger partial charge in [0.1, 0.15) is 5.84 Å². The molecule has 0 aromatic heterocycles. The lowest BCUT2D eigenvalue weighted by molar-refractivity contribution is 0.222. The minimum Gasteiger partial charge on any atom is -0.409 e. The van der Waals surface area contributed by atoms with Crippen LogP contribution in [0.3, 0.4) is 0 Å². The Morgan fingerprint density at radius 3 is 2.59 bits per heavy atom. The number of oxime groups is 1. The molecular formula is C13H27N3O. The predicted molar refractivity (Wildman–Crippen MR) is 71.2 cm³/mol. The van der Waals surface area contributed by atoms with E-state index in [1.807, 2.05) is 13.8 Å². The van der Waals surface area contributed by atoms with Gasteiger partial charge in [-0.3, -0.25) is 0 Å². The van der Waals surface area contributed by atoms with Crippen LogP contribution in [-0.4, -0.2) is 35.6 Å². The van der Waals surface area contributed by atoms with E-state index < -0.39 is 0 Å². The number of amidine groups is 1. The summed E-state index contributed by atoms with van der Waals surface area (Å²) in [6, 6.07) is 0.696. The Hall–Kier alpha value is -0.770. The maximum atomic E-state index is 8.70. The highest BCUT2D eigenvalue weighted by molar-refractivity contribution is 5.85. The highest BCUT2D eigenvalue weighted by atomic mass is 16.4. The molecule has 0 amide bonds. The molecule has 4 nitrogen and oxygen atoms in total. The smallest absolute Gasteiger partial charge is 0.144 e. The molecule has 1 unspecified atom stereocenters. The molecule has 0 aromatic carbocycles. The fraction of sp³-hybridized carbons (Fsp3) is 0.923. The third kappa shape index (κ3) is 4.19. The Kier molecular flexibility index (Phi) is 4.80. The number of rotatable bonds is 7. The van der Waals surface area contributed by atoms with E-state index in [-0.39, 0.29) is 5.41 Å². The van der Waals surface area contributed by atoms with Crippen molar-refractivity contribution in [2.45, 2.75) is 52.5 Å². The molecule has 0 bridgehead atoms. The molecule has 3 N–H and O–H groups in total. The molecule has 0 heterocycles. The van der Waals surface area contributed by atoms with E-state index in [0.717, 1.165) is 25.3 Å². The fourth-order valence-electron chi connectivity index (χ4n) is 2.18. The van der Waals surface area contributed by atoms with Gasteiger partial charge in [0.15, 0.2) is 0 Å². The molecule has 0 saturated heterocycles. The Balaban J connectivity index is 2.26. The van der Waals surface area contributed by atoms with Gasteiger partial charge in [0.25, 0.3) is 0 Å². The van der Waals surface area contributed by atoms with Gasteiger partial charge in [-0.05, 0) is 52.1 Å². The first-order chi connectivity index (χ1) is 7.88. The molecule has 0 radical (unpaired) electrons. The quantitative estimate of drug-likeness (QED) is 0.311. The summed E-state index contributed by atoms with van der Waals surface area (Å²) in [5.41, 5.74) is 5.46. The van der Waals surface area contributed by atoms with Crippen LogP contribution < -0.4 is 5.73 Å². The summed E-state index contributed by atoms with van der Waals surface area (Å²) in [6.45, 7) is 7.44. The largest absolute Gasteiger partial charge is 0.409 e. The molecular weight excluding hydrogens is 214 g/mol. The summed E-state index contributed by atoms with van der Waals surface area (Å²) >= 11 is 0. The lowest BCUT2D eigenvalue weighted by Gasteiger charge is -2.27. The second-order valence-electron chi connectivity index (χ2n) is 6.03. The summed E-state index contributed by atoms with van der Waals surface area (Å²) in [6.07, 6.45) is 4.81. The van der Waals surface area contributed by atoms with Crippen molar-refractivity contribution in [3.05, 3.63) is 0 Å². The van der Waals surface area contributed by atoms with E-state index >= 15 is 0 Å². The summed E-state index contributed by atoms with van der Waals surface area (Å²) in [7, 11) is 2.19. The van der Waals surface area contributed by atoms with Crippen LogP contribution in [0.2, 0.25) is 0 Å². The standard InChI is InChI=1S/C13H27N3O/c1-10(11-6-7-11)16(4)9-5-8-13(2,3)12(14)15-17/h10-11,17H,5-9H2,1-4H3,(H2,14,15). The van der Waals surface area contributed by atoms with E-state index in [4.69, 9.17) is 10.9 Å². The molecule has 1 aliphatic rings. The van der Waals surface area contributed by atoms with E-state index in [0.29, 0.717) is 11.9 Å². The molecule has 4 heteroatoms. The molecule has 1 aliphatic carbocycles. The molecule has 100 valence electrons. The monoisotopic (exact) mass is 241 g/mol. The van der Waals surface area contributed by atoms with Gasteiger partial charge in [0.2, 0.25) is 0 Å². The minimum atomic E-state index is -0.210. The number of nitrogens with zero attached hydrogens (tertiary/aromatic N) is 2. The van der Waals surface area contributed by atoms with Crippen LogP contribution >= 0.6 is 0 Å². The van der Waals surface area contributed by atoms with Crippen molar-refractivity contribution in [1.29, 1.82) is 0 Å². The number of nitrogens with two attached hydrogens (primary N) is 1. The van der Waals surface area contributed by atoms with Crippen LogP contribution in [0, 0.1) is 11.3 Å². The molecule has 1 rings (SSSR count). The zero-order chi connectivity index (χ0) is 13.1. The Labute approximate surface area is 105 Å². The van der Waals surface area contributed by atoms with E-state index in [1.54, 1.807) is 0 Å². The Morgan fingerprint density at radius 2 is 2.12 bits per heavy atom. The second kappa shape index (κ2) is 5.71. The molecule has 0 spiro atoms.